The molecule has 0 saturated heterocycles. The summed E-state index contributed by atoms with van der Waals surface area (Å²) in [6.07, 6.45) is 0. The van der Waals surface area contributed by atoms with Gasteiger partial charge in [0.15, 0.2) is 0 Å². The lowest BCUT2D eigenvalue weighted by Gasteiger charge is -2.28. The molecule has 0 aliphatic rings. The highest BCUT2D eigenvalue weighted by Crippen LogP contribution is 2.18. The Labute approximate surface area is 113 Å². The fourth-order valence-corrected chi connectivity index (χ4v) is 2.84. The molecule has 0 aliphatic heterocycles. The number of carbonyl (C=O) groups is 1. The van der Waals surface area contributed by atoms with E-state index in [9.17, 15) is 4.79 Å². The number of carboxylic acid groups (broad SMARTS) is 1. The SMILES string of the molecule is CN(C)CC(C)(C)CNCc1ccc(C(=O)O)s1. The van der Waals surface area contributed by atoms with Crippen LogP contribution in [0.3, 0.4) is 0 Å². The maximum Gasteiger partial charge on any atom is 0.345 e. The normalized spacial score (nSPS) is 12.1. The lowest BCUT2D eigenvalue weighted by molar-refractivity contribution is 0.0702. The average molecular weight is 270 g/mol. The van der Waals surface area contributed by atoms with E-state index in [-0.39, 0.29) is 5.41 Å². The molecule has 5 heteroatoms. The smallest absolute Gasteiger partial charge is 0.345 e. The van der Waals surface area contributed by atoms with Gasteiger partial charge in [-0.05, 0) is 31.6 Å². The molecule has 0 saturated carbocycles. The van der Waals surface area contributed by atoms with E-state index >= 15 is 0 Å². The second-order valence-electron chi connectivity index (χ2n) is 5.58. The third kappa shape index (κ3) is 5.16. The maximum atomic E-state index is 10.8. The largest absolute Gasteiger partial charge is 0.477 e. The van der Waals surface area contributed by atoms with Crippen LogP contribution in [0.25, 0.3) is 0 Å². The quantitative estimate of drug-likeness (QED) is 0.797. The fourth-order valence-electron chi connectivity index (χ4n) is 2.02. The maximum absolute atomic E-state index is 10.8. The minimum Gasteiger partial charge on any atom is -0.477 e. The molecule has 0 aromatic carbocycles. The number of aromatic carboxylic acids is 1. The van der Waals surface area contributed by atoms with Crippen LogP contribution in [0.1, 0.15) is 28.4 Å². The van der Waals surface area contributed by atoms with Gasteiger partial charge >= 0.3 is 5.97 Å². The summed E-state index contributed by atoms with van der Waals surface area (Å²) in [4.78, 5) is 14.4. The summed E-state index contributed by atoms with van der Waals surface area (Å²) in [5, 5.41) is 12.2. The molecule has 0 aliphatic carbocycles. The average Bonchev–Trinajstić information content (AvgIpc) is 2.63. The van der Waals surface area contributed by atoms with Gasteiger partial charge in [-0.2, -0.15) is 0 Å². The lowest BCUT2D eigenvalue weighted by Crippen LogP contribution is -2.37. The van der Waals surface area contributed by atoms with Crippen LogP contribution in [-0.4, -0.2) is 43.2 Å². The molecule has 0 bridgehead atoms. The standard InChI is InChI=1S/C13H22N2O2S/c1-13(2,9-15(3)4)8-14-7-10-5-6-11(18-10)12(16)17/h5-6,14H,7-9H2,1-4H3,(H,16,17). The molecule has 0 atom stereocenters. The molecule has 4 nitrogen and oxygen atoms in total. The summed E-state index contributed by atoms with van der Waals surface area (Å²) < 4.78 is 0. The van der Waals surface area contributed by atoms with Crippen LogP contribution in [0, 0.1) is 5.41 Å². The first-order valence-electron chi connectivity index (χ1n) is 5.98. The Morgan fingerprint density at radius 1 is 1.44 bits per heavy atom. The number of rotatable bonds is 7. The first-order chi connectivity index (χ1) is 8.30. The van der Waals surface area contributed by atoms with Crippen molar-refractivity contribution in [1.29, 1.82) is 0 Å². The molecule has 18 heavy (non-hydrogen) atoms. The molecule has 0 unspecified atom stereocenters. The van der Waals surface area contributed by atoms with E-state index in [0.717, 1.165) is 24.5 Å². The van der Waals surface area contributed by atoms with Crippen LogP contribution in [0.5, 0.6) is 0 Å². The fraction of sp³-hybridized carbons (Fsp3) is 0.615. The molecule has 0 spiro atoms. The number of hydrogen-bond acceptors (Lipinski definition) is 4. The topological polar surface area (TPSA) is 52.6 Å². The van der Waals surface area contributed by atoms with Crippen molar-refractivity contribution in [3.05, 3.63) is 21.9 Å². The predicted octanol–water partition coefficient (Wildman–Crippen LogP) is 2.12. The molecule has 0 fully saturated rings. The first-order valence-corrected chi connectivity index (χ1v) is 6.79. The number of hydrogen-bond donors (Lipinski definition) is 2. The van der Waals surface area contributed by atoms with Gasteiger partial charge in [-0.3, -0.25) is 0 Å². The van der Waals surface area contributed by atoms with Crippen molar-refractivity contribution >= 4 is 17.3 Å². The summed E-state index contributed by atoms with van der Waals surface area (Å²) >= 11 is 1.33. The van der Waals surface area contributed by atoms with Gasteiger partial charge in [-0.1, -0.05) is 13.8 Å². The van der Waals surface area contributed by atoms with Gasteiger partial charge in [0, 0.05) is 24.5 Å². The van der Waals surface area contributed by atoms with Crippen molar-refractivity contribution in [1.82, 2.24) is 10.2 Å². The minimum atomic E-state index is -0.848. The van der Waals surface area contributed by atoms with Crippen molar-refractivity contribution < 1.29 is 9.90 Å². The van der Waals surface area contributed by atoms with Crippen LogP contribution < -0.4 is 5.32 Å². The third-order valence-corrected chi connectivity index (χ3v) is 3.59. The summed E-state index contributed by atoms with van der Waals surface area (Å²) in [6.45, 7) is 7.10. The van der Waals surface area contributed by atoms with Gasteiger partial charge in [0.1, 0.15) is 4.88 Å². The highest BCUT2D eigenvalue weighted by atomic mass is 32.1. The lowest BCUT2D eigenvalue weighted by atomic mass is 9.93. The van der Waals surface area contributed by atoms with E-state index in [1.807, 2.05) is 6.07 Å². The number of nitrogens with zero attached hydrogens (tertiary/aromatic N) is 1. The van der Waals surface area contributed by atoms with E-state index in [4.69, 9.17) is 5.11 Å². The monoisotopic (exact) mass is 270 g/mol. The van der Waals surface area contributed by atoms with Crippen molar-refractivity contribution in [2.24, 2.45) is 5.41 Å². The van der Waals surface area contributed by atoms with Crippen LogP contribution in [0.4, 0.5) is 0 Å². The van der Waals surface area contributed by atoms with Crippen LogP contribution >= 0.6 is 11.3 Å². The Morgan fingerprint density at radius 3 is 2.61 bits per heavy atom. The predicted molar refractivity (Wildman–Crippen MR) is 75.3 cm³/mol. The molecule has 1 rings (SSSR count). The Bertz CT molecular complexity index is 399. The number of carboxylic acids is 1. The van der Waals surface area contributed by atoms with E-state index in [0.29, 0.717) is 4.88 Å². The summed E-state index contributed by atoms with van der Waals surface area (Å²) in [7, 11) is 4.14. The molecular weight excluding hydrogens is 248 g/mol. The molecule has 1 aromatic rings. The van der Waals surface area contributed by atoms with Crippen LogP contribution in [0.15, 0.2) is 12.1 Å². The third-order valence-electron chi connectivity index (χ3n) is 2.52. The Hall–Kier alpha value is -0.910. The summed E-state index contributed by atoms with van der Waals surface area (Å²) in [5.41, 5.74) is 0.205. The van der Waals surface area contributed by atoms with Crippen molar-refractivity contribution in [3.8, 4) is 0 Å². The van der Waals surface area contributed by atoms with Gasteiger partial charge < -0.3 is 15.3 Å². The zero-order chi connectivity index (χ0) is 13.8. The second-order valence-corrected chi connectivity index (χ2v) is 6.74. The van der Waals surface area contributed by atoms with E-state index < -0.39 is 5.97 Å². The second kappa shape index (κ2) is 6.31. The van der Waals surface area contributed by atoms with Gasteiger partial charge in [-0.15, -0.1) is 11.3 Å². The van der Waals surface area contributed by atoms with E-state index in [1.165, 1.54) is 11.3 Å². The molecular formula is C13H22N2O2S. The highest BCUT2D eigenvalue weighted by Gasteiger charge is 2.18. The Morgan fingerprint density at radius 2 is 2.11 bits per heavy atom. The van der Waals surface area contributed by atoms with Crippen molar-refractivity contribution in [2.45, 2.75) is 20.4 Å². The van der Waals surface area contributed by atoms with E-state index in [1.54, 1.807) is 6.07 Å². The van der Waals surface area contributed by atoms with Gasteiger partial charge in [-0.25, -0.2) is 4.79 Å². The van der Waals surface area contributed by atoms with Gasteiger partial charge in [0.2, 0.25) is 0 Å². The Kier molecular flexibility index (Phi) is 5.31. The van der Waals surface area contributed by atoms with Crippen LogP contribution in [-0.2, 0) is 6.54 Å². The number of nitrogens with one attached hydrogen (secondary N) is 1. The first kappa shape index (κ1) is 15.1. The van der Waals surface area contributed by atoms with E-state index in [2.05, 4.69) is 38.2 Å². The Balaban J connectivity index is 2.39. The highest BCUT2D eigenvalue weighted by molar-refractivity contribution is 7.13. The zero-order valence-corrected chi connectivity index (χ0v) is 12.3. The summed E-state index contributed by atoms with van der Waals surface area (Å²) in [6, 6.07) is 3.54. The molecule has 1 heterocycles. The number of thiophene rings is 1. The molecule has 102 valence electrons. The van der Waals surface area contributed by atoms with Gasteiger partial charge in [0.25, 0.3) is 0 Å². The minimum absolute atomic E-state index is 0.205. The van der Waals surface area contributed by atoms with Gasteiger partial charge in [0.05, 0.1) is 0 Å². The van der Waals surface area contributed by atoms with Crippen molar-refractivity contribution in [3.63, 3.8) is 0 Å². The molecule has 0 radical (unpaired) electrons. The molecule has 1 aromatic heterocycles. The molecule has 2 N–H and O–H groups in total. The zero-order valence-electron chi connectivity index (χ0n) is 11.5. The van der Waals surface area contributed by atoms with Crippen molar-refractivity contribution in [2.75, 3.05) is 27.2 Å². The van der Waals surface area contributed by atoms with Crippen LogP contribution in [0.2, 0.25) is 0 Å². The summed E-state index contributed by atoms with van der Waals surface area (Å²) in [5.74, 6) is -0.848. The molecule has 0 amide bonds.